The van der Waals surface area contributed by atoms with E-state index in [0.717, 1.165) is 36.3 Å². The maximum absolute atomic E-state index is 9.54. The number of rotatable bonds is 11. The molecule has 3 aromatic carbocycles. The van der Waals surface area contributed by atoms with Crippen LogP contribution in [0.5, 0.6) is 11.5 Å². The lowest BCUT2D eigenvalue weighted by molar-refractivity contribution is -0.111. The quantitative estimate of drug-likeness (QED) is 0.204. The number of H-pyrrole nitrogens is 1. The van der Waals surface area contributed by atoms with Gasteiger partial charge in [-0.25, -0.2) is 0 Å². The molecule has 0 bridgehead atoms. The number of ether oxygens (including phenoxy) is 2. The second-order valence-corrected chi connectivity index (χ2v) is 8.08. The van der Waals surface area contributed by atoms with Crippen molar-refractivity contribution in [3.63, 3.8) is 0 Å². The molecule has 0 aliphatic carbocycles. The topological polar surface area (TPSA) is 92.4 Å². The molecule has 1 aromatic heterocycles. The normalized spacial score (nSPS) is 9.70. The van der Waals surface area contributed by atoms with Crippen LogP contribution >= 0.6 is 0 Å². The number of hydrogen-bond donors (Lipinski definition) is 3. The molecule has 0 spiro atoms. The van der Waals surface area contributed by atoms with Crippen LogP contribution in [-0.2, 0) is 28.9 Å². The zero-order chi connectivity index (χ0) is 26.7. The first kappa shape index (κ1) is 29.0. The van der Waals surface area contributed by atoms with Gasteiger partial charge in [0.2, 0.25) is 12.8 Å². The summed E-state index contributed by atoms with van der Waals surface area (Å²) in [5, 5.41) is 5.95. The lowest BCUT2D eigenvalue weighted by Gasteiger charge is -2.03. The fourth-order valence-electron chi connectivity index (χ4n) is 3.52. The van der Waals surface area contributed by atoms with Gasteiger partial charge in [0.1, 0.15) is 11.5 Å². The summed E-state index contributed by atoms with van der Waals surface area (Å²) < 4.78 is 10.5. The smallest absolute Gasteiger partial charge is 0.207 e. The van der Waals surface area contributed by atoms with Gasteiger partial charge in [0, 0.05) is 29.7 Å². The van der Waals surface area contributed by atoms with E-state index in [1.165, 1.54) is 22.2 Å². The maximum atomic E-state index is 9.54. The number of benzene rings is 3. The molecule has 7 nitrogen and oxygen atoms in total. The number of carbonyl (C=O) groups excluding carboxylic acids is 2. The van der Waals surface area contributed by atoms with Crippen LogP contribution in [-0.4, -0.2) is 45.1 Å². The van der Waals surface area contributed by atoms with Gasteiger partial charge < -0.3 is 25.1 Å². The number of carbonyl (C=O) groups is 2. The number of amides is 2. The Balaban J connectivity index is 0.000000248. The number of nitrogens with one attached hydrogen (secondary N) is 3. The van der Waals surface area contributed by atoms with E-state index in [4.69, 9.17) is 9.47 Å². The van der Waals surface area contributed by atoms with Crippen LogP contribution in [0.3, 0.4) is 0 Å². The molecular formula is C30H37N3O4. The van der Waals surface area contributed by atoms with Crippen molar-refractivity contribution in [2.24, 2.45) is 0 Å². The van der Waals surface area contributed by atoms with Crippen molar-refractivity contribution in [3.8, 4) is 11.5 Å². The molecule has 2 amide bonds. The SMILES string of the molecule is CCc1ccccc1.COc1cccc(CCc2cc3cc(OC)ccc3[nH]2)c1.O=CNCCNC=O. The highest BCUT2D eigenvalue weighted by Gasteiger charge is 2.03. The van der Waals surface area contributed by atoms with E-state index in [-0.39, 0.29) is 0 Å². The third kappa shape index (κ3) is 10.9. The lowest BCUT2D eigenvalue weighted by Crippen LogP contribution is -2.25. The monoisotopic (exact) mass is 503 g/mol. The van der Waals surface area contributed by atoms with Gasteiger partial charge in [0.05, 0.1) is 14.2 Å². The molecule has 0 saturated carbocycles. The summed E-state index contributed by atoms with van der Waals surface area (Å²) in [6, 6.07) is 27.0. The Bertz CT molecular complexity index is 1180. The summed E-state index contributed by atoms with van der Waals surface area (Å²) >= 11 is 0. The van der Waals surface area contributed by atoms with E-state index in [2.05, 4.69) is 77.1 Å². The average molecular weight is 504 g/mol. The molecule has 37 heavy (non-hydrogen) atoms. The molecule has 0 atom stereocenters. The van der Waals surface area contributed by atoms with Gasteiger partial charge in [-0.05, 0) is 66.8 Å². The second-order valence-electron chi connectivity index (χ2n) is 8.08. The number of methoxy groups -OCH3 is 2. The van der Waals surface area contributed by atoms with E-state index >= 15 is 0 Å². The molecule has 1 heterocycles. The minimum Gasteiger partial charge on any atom is -0.497 e. The third-order valence-corrected chi connectivity index (χ3v) is 5.53. The van der Waals surface area contributed by atoms with Gasteiger partial charge in [-0.15, -0.1) is 0 Å². The van der Waals surface area contributed by atoms with Crippen LogP contribution in [0.15, 0.2) is 78.9 Å². The summed E-state index contributed by atoms with van der Waals surface area (Å²) in [5.41, 5.74) is 5.08. The van der Waals surface area contributed by atoms with Crippen LogP contribution < -0.4 is 20.1 Å². The summed E-state index contributed by atoms with van der Waals surface area (Å²) in [4.78, 5) is 22.5. The summed E-state index contributed by atoms with van der Waals surface area (Å²) in [6.07, 6.45) is 4.28. The number of aromatic nitrogens is 1. The van der Waals surface area contributed by atoms with Gasteiger partial charge in [-0.1, -0.05) is 49.4 Å². The Morgan fingerprint density at radius 2 is 1.38 bits per heavy atom. The second kappa shape index (κ2) is 17.2. The Morgan fingerprint density at radius 3 is 1.97 bits per heavy atom. The maximum Gasteiger partial charge on any atom is 0.207 e. The van der Waals surface area contributed by atoms with Crippen molar-refractivity contribution < 1.29 is 19.1 Å². The van der Waals surface area contributed by atoms with Gasteiger partial charge in [-0.2, -0.15) is 0 Å². The standard InChI is InChI=1S/C18H19NO2.C8H10.C4H8N2O2/c1-20-16-5-3-4-13(10-16)6-7-15-11-14-12-17(21-2)8-9-18(14)19-15;1-2-8-6-4-3-5-7-8;7-3-5-1-2-6-4-8/h3-5,8-12,19H,6-7H2,1-2H3;3-7H,2H2,1H3;3-4H,1-2H2,(H,5,7)(H,6,8). The number of hydrogen-bond acceptors (Lipinski definition) is 4. The highest BCUT2D eigenvalue weighted by molar-refractivity contribution is 5.81. The van der Waals surface area contributed by atoms with Crippen LogP contribution in [0.4, 0.5) is 0 Å². The molecule has 0 radical (unpaired) electrons. The lowest BCUT2D eigenvalue weighted by atomic mass is 10.1. The van der Waals surface area contributed by atoms with Crippen LogP contribution in [0.25, 0.3) is 10.9 Å². The zero-order valence-corrected chi connectivity index (χ0v) is 21.8. The minimum absolute atomic E-state index is 0.488. The highest BCUT2D eigenvalue weighted by Crippen LogP contribution is 2.22. The number of aromatic amines is 1. The largest absolute Gasteiger partial charge is 0.497 e. The van der Waals surface area contributed by atoms with Gasteiger partial charge in [0.15, 0.2) is 0 Å². The first-order chi connectivity index (χ1) is 18.1. The van der Waals surface area contributed by atoms with E-state index in [1.54, 1.807) is 14.2 Å². The Hall–Kier alpha value is -4.26. The van der Waals surface area contributed by atoms with Crippen molar-refractivity contribution in [2.75, 3.05) is 27.3 Å². The molecule has 0 saturated heterocycles. The molecule has 196 valence electrons. The van der Waals surface area contributed by atoms with E-state index in [0.29, 0.717) is 25.9 Å². The van der Waals surface area contributed by atoms with E-state index in [1.807, 2.05) is 24.3 Å². The Morgan fingerprint density at radius 1 is 0.730 bits per heavy atom. The molecule has 7 heteroatoms. The molecule has 3 N–H and O–H groups in total. The predicted octanol–water partition coefficient (Wildman–Crippen LogP) is 4.70. The molecule has 0 aliphatic rings. The van der Waals surface area contributed by atoms with Crippen molar-refractivity contribution >= 4 is 23.7 Å². The highest BCUT2D eigenvalue weighted by atomic mass is 16.5. The number of fused-ring (bicyclic) bond motifs is 1. The van der Waals surface area contributed by atoms with Gasteiger partial charge >= 0.3 is 0 Å². The minimum atomic E-state index is 0.488. The van der Waals surface area contributed by atoms with Gasteiger partial charge in [0.25, 0.3) is 0 Å². The Labute approximate surface area is 219 Å². The fraction of sp³-hybridized carbons (Fsp3) is 0.267. The van der Waals surface area contributed by atoms with Crippen LogP contribution in [0.2, 0.25) is 0 Å². The first-order valence-corrected chi connectivity index (χ1v) is 12.3. The van der Waals surface area contributed by atoms with Crippen molar-refractivity contribution in [1.82, 2.24) is 15.6 Å². The van der Waals surface area contributed by atoms with Crippen molar-refractivity contribution in [2.45, 2.75) is 26.2 Å². The van der Waals surface area contributed by atoms with Crippen molar-refractivity contribution in [1.29, 1.82) is 0 Å². The molecule has 4 aromatic rings. The summed E-state index contributed by atoms with van der Waals surface area (Å²) in [6.45, 7) is 3.14. The van der Waals surface area contributed by atoms with E-state index < -0.39 is 0 Å². The van der Waals surface area contributed by atoms with E-state index in [9.17, 15) is 9.59 Å². The van der Waals surface area contributed by atoms with Crippen LogP contribution in [0.1, 0.15) is 23.7 Å². The third-order valence-electron chi connectivity index (χ3n) is 5.53. The van der Waals surface area contributed by atoms with Crippen molar-refractivity contribution in [3.05, 3.63) is 95.7 Å². The predicted molar refractivity (Wildman–Crippen MR) is 149 cm³/mol. The molecule has 0 fully saturated rings. The molecular weight excluding hydrogens is 466 g/mol. The van der Waals surface area contributed by atoms with Gasteiger partial charge in [-0.3, -0.25) is 9.59 Å². The number of aryl methyl sites for hydroxylation is 3. The van der Waals surface area contributed by atoms with Crippen LogP contribution in [0, 0.1) is 0 Å². The fourth-order valence-corrected chi connectivity index (χ4v) is 3.52. The summed E-state index contributed by atoms with van der Waals surface area (Å²) in [5.74, 6) is 1.80. The zero-order valence-electron chi connectivity index (χ0n) is 21.8. The Kier molecular flexibility index (Phi) is 13.5. The average Bonchev–Trinajstić information content (AvgIpc) is 3.38. The molecule has 0 unspecified atom stereocenters. The summed E-state index contributed by atoms with van der Waals surface area (Å²) in [7, 11) is 3.39. The molecule has 4 rings (SSSR count). The first-order valence-electron chi connectivity index (χ1n) is 12.3. The molecule has 0 aliphatic heterocycles.